The molecule has 0 bridgehead atoms. The Morgan fingerprint density at radius 2 is 1.89 bits per heavy atom. The molecule has 0 spiro atoms. The van der Waals surface area contributed by atoms with Crippen molar-refractivity contribution < 1.29 is 9.13 Å². The van der Waals surface area contributed by atoms with E-state index >= 15 is 0 Å². The van der Waals surface area contributed by atoms with Crippen molar-refractivity contribution >= 4 is 22.2 Å². The number of ether oxygens (including phenoxy) is 1. The lowest BCUT2D eigenvalue weighted by atomic mass is 10.1. The van der Waals surface area contributed by atoms with E-state index in [0.29, 0.717) is 46.2 Å². The predicted molar refractivity (Wildman–Crippen MR) is 141 cm³/mol. The summed E-state index contributed by atoms with van der Waals surface area (Å²) < 4.78 is 20.6. The van der Waals surface area contributed by atoms with E-state index in [2.05, 4.69) is 40.2 Å². The fourth-order valence-corrected chi connectivity index (χ4v) is 5.02. The van der Waals surface area contributed by atoms with Gasteiger partial charge in [-0.1, -0.05) is 0 Å². The number of pyridine rings is 2. The number of aromatic amines is 3. The molecule has 5 aromatic heterocycles. The maximum absolute atomic E-state index is 14.6. The molecule has 1 fully saturated rings. The van der Waals surface area contributed by atoms with E-state index in [1.165, 1.54) is 25.0 Å². The molecule has 0 aliphatic carbocycles. The Balaban J connectivity index is 1.23. The number of hydrogen-bond acceptors (Lipinski definition) is 7. The van der Waals surface area contributed by atoms with Crippen LogP contribution in [0.3, 0.4) is 0 Å². The second kappa shape index (κ2) is 9.34. The smallest absolute Gasteiger partial charge is 0.181 e. The number of aromatic nitrogens is 8. The molecular weight excluding hydrogens is 485 g/mol. The summed E-state index contributed by atoms with van der Waals surface area (Å²) >= 11 is 0. The van der Waals surface area contributed by atoms with E-state index in [4.69, 9.17) is 9.72 Å². The number of hydrogen-bond donors (Lipinski definition) is 3. The molecule has 0 amide bonds. The van der Waals surface area contributed by atoms with Gasteiger partial charge in [-0.3, -0.25) is 15.1 Å². The molecule has 6 heterocycles. The lowest BCUT2D eigenvalue weighted by Crippen LogP contribution is -2.25. The minimum absolute atomic E-state index is 0.360. The van der Waals surface area contributed by atoms with Gasteiger partial charge in [0.1, 0.15) is 23.9 Å². The van der Waals surface area contributed by atoms with Gasteiger partial charge in [-0.25, -0.2) is 19.3 Å². The zero-order valence-corrected chi connectivity index (χ0v) is 20.4. The zero-order chi connectivity index (χ0) is 25.5. The minimum atomic E-state index is -0.360. The van der Waals surface area contributed by atoms with E-state index in [-0.39, 0.29) is 5.82 Å². The SMILES string of the molecule is Fc1cc(OCCN2CCCC2)cc(-c2ccnc3nc(-c4[nH]nc5ncc(-c6cn[nH]c6)cc45)[nH]c23)c1. The van der Waals surface area contributed by atoms with Crippen molar-refractivity contribution in [1.82, 2.24) is 45.2 Å². The topological polar surface area (TPSA) is 124 Å². The van der Waals surface area contributed by atoms with E-state index in [9.17, 15) is 4.39 Å². The third-order valence-corrected chi connectivity index (χ3v) is 6.93. The standard InChI is InChI=1S/C27H24FN9O/c28-19-9-16(10-20(12-19)38-8-7-37-5-1-2-6-37)21-3-4-29-26-23(21)33-27(34-26)24-22-11-17(18-14-31-32-15-18)13-30-25(22)36-35-24/h3-4,9-15H,1-2,5-8H2,(H,31,32)(H,29,33,34)(H,30,35,36). The summed E-state index contributed by atoms with van der Waals surface area (Å²) in [6.07, 6.45) is 9.43. The van der Waals surface area contributed by atoms with Crippen LogP contribution in [-0.4, -0.2) is 71.5 Å². The van der Waals surface area contributed by atoms with Crippen LogP contribution in [0.15, 0.2) is 55.1 Å². The van der Waals surface area contributed by atoms with Crippen molar-refractivity contribution in [2.75, 3.05) is 26.2 Å². The van der Waals surface area contributed by atoms with E-state index < -0.39 is 0 Å². The Morgan fingerprint density at radius 1 is 0.974 bits per heavy atom. The van der Waals surface area contributed by atoms with Crippen LogP contribution in [0.4, 0.5) is 4.39 Å². The molecule has 1 aromatic carbocycles. The number of likely N-dealkylation sites (tertiary alicyclic amines) is 1. The van der Waals surface area contributed by atoms with Gasteiger partial charge in [-0.15, -0.1) is 0 Å². The van der Waals surface area contributed by atoms with Crippen LogP contribution >= 0.6 is 0 Å². The Hall–Kier alpha value is -4.64. The number of nitrogens with zero attached hydrogens (tertiary/aromatic N) is 6. The first kappa shape index (κ1) is 22.5. The van der Waals surface area contributed by atoms with Crippen LogP contribution in [0.5, 0.6) is 5.75 Å². The second-order valence-corrected chi connectivity index (χ2v) is 9.40. The molecular formula is C27H24FN9O. The zero-order valence-electron chi connectivity index (χ0n) is 20.4. The lowest BCUT2D eigenvalue weighted by Gasteiger charge is -2.15. The second-order valence-electron chi connectivity index (χ2n) is 9.40. The summed E-state index contributed by atoms with van der Waals surface area (Å²) in [7, 11) is 0. The Bertz CT molecular complexity index is 1730. The van der Waals surface area contributed by atoms with Gasteiger partial charge < -0.3 is 9.72 Å². The minimum Gasteiger partial charge on any atom is -0.492 e. The highest BCUT2D eigenvalue weighted by Gasteiger charge is 2.18. The largest absolute Gasteiger partial charge is 0.492 e. The molecule has 190 valence electrons. The lowest BCUT2D eigenvalue weighted by molar-refractivity contribution is 0.237. The Labute approximate surface area is 216 Å². The summed E-state index contributed by atoms with van der Waals surface area (Å²) in [4.78, 5) is 19.4. The third-order valence-electron chi connectivity index (χ3n) is 6.93. The van der Waals surface area contributed by atoms with Gasteiger partial charge in [0, 0.05) is 47.9 Å². The molecule has 0 unspecified atom stereocenters. The van der Waals surface area contributed by atoms with Crippen LogP contribution in [0.25, 0.3) is 56.0 Å². The average Bonchev–Trinajstić information content (AvgIpc) is 3.73. The van der Waals surface area contributed by atoms with E-state index in [1.54, 1.807) is 18.6 Å². The fourth-order valence-electron chi connectivity index (χ4n) is 5.02. The van der Waals surface area contributed by atoms with Gasteiger partial charge in [0.2, 0.25) is 0 Å². The molecule has 1 aliphatic heterocycles. The first-order valence-electron chi connectivity index (χ1n) is 12.6. The number of H-pyrrole nitrogens is 3. The molecule has 10 nitrogen and oxygen atoms in total. The maximum Gasteiger partial charge on any atom is 0.181 e. The highest BCUT2D eigenvalue weighted by Crippen LogP contribution is 2.33. The summed E-state index contributed by atoms with van der Waals surface area (Å²) in [5.74, 6) is 0.703. The molecule has 6 aromatic rings. The van der Waals surface area contributed by atoms with Crippen LogP contribution in [0.1, 0.15) is 12.8 Å². The fraction of sp³-hybridized carbons (Fsp3) is 0.222. The summed E-state index contributed by atoms with van der Waals surface area (Å²) in [6.45, 7) is 3.55. The maximum atomic E-state index is 14.6. The Morgan fingerprint density at radius 3 is 2.76 bits per heavy atom. The van der Waals surface area contributed by atoms with Crippen molar-refractivity contribution in [2.24, 2.45) is 0 Å². The first-order valence-corrected chi connectivity index (χ1v) is 12.6. The third kappa shape index (κ3) is 4.16. The number of nitrogens with one attached hydrogen (secondary N) is 3. The van der Waals surface area contributed by atoms with Crippen molar-refractivity contribution in [2.45, 2.75) is 12.8 Å². The molecule has 11 heteroatoms. The van der Waals surface area contributed by atoms with Gasteiger partial charge in [0.25, 0.3) is 0 Å². The number of halogens is 1. The highest BCUT2D eigenvalue weighted by molar-refractivity contribution is 5.96. The van der Waals surface area contributed by atoms with Crippen LogP contribution < -0.4 is 4.74 Å². The monoisotopic (exact) mass is 509 g/mol. The van der Waals surface area contributed by atoms with Crippen LogP contribution in [-0.2, 0) is 0 Å². The predicted octanol–water partition coefficient (Wildman–Crippen LogP) is 4.57. The molecule has 1 aliphatic rings. The normalized spacial score (nSPS) is 14.1. The number of imidazole rings is 1. The number of fused-ring (bicyclic) bond motifs is 2. The molecule has 7 rings (SSSR count). The van der Waals surface area contributed by atoms with Gasteiger partial charge in [-0.2, -0.15) is 10.2 Å². The van der Waals surface area contributed by atoms with Gasteiger partial charge in [-0.05, 0) is 55.8 Å². The van der Waals surface area contributed by atoms with Crippen LogP contribution in [0, 0.1) is 5.82 Å². The summed E-state index contributed by atoms with van der Waals surface area (Å²) in [6, 6.07) is 8.61. The summed E-state index contributed by atoms with van der Waals surface area (Å²) in [5.41, 5.74) is 5.75. The molecule has 1 saturated heterocycles. The molecule has 0 radical (unpaired) electrons. The highest BCUT2D eigenvalue weighted by atomic mass is 19.1. The summed E-state index contributed by atoms with van der Waals surface area (Å²) in [5, 5.41) is 15.0. The van der Waals surface area contributed by atoms with Crippen molar-refractivity contribution in [1.29, 1.82) is 0 Å². The average molecular weight is 510 g/mol. The number of benzene rings is 1. The molecule has 38 heavy (non-hydrogen) atoms. The molecule has 3 N–H and O–H groups in total. The van der Waals surface area contributed by atoms with E-state index in [0.717, 1.165) is 41.7 Å². The van der Waals surface area contributed by atoms with Gasteiger partial charge in [0.15, 0.2) is 17.1 Å². The van der Waals surface area contributed by atoms with E-state index in [1.807, 2.05) is 24.4 Å². The quantitative estimate of drug-likeness (QED) is 0.288. The van der Waals surface area contributed by atoms with Crippen molar-refractivity contribution in [3.63, 3.8) is 0 Å². The van der Waals surface area contributed by atoms with Crippen molar-refractivity contribution in [3.8, 4) is 39.5 Å². The van der Waals surface area contributed by atoms with Gasteiger partial charge >= 0.3 is 0 Å². The molecule has 0 atom stereocenters. The Kier molecular flexibility index (Phi) is 5.54. The first-order chi connectivity index (χ1) is 18.7. The van der Waals surface area contributed by atoms with Crippen molar-refractivity contribution in [3.05, 3.63) is 60.9 Å². The number of rotatable bonds is 7. The van der Waals surface area contributed by atoms with Crippen LogP contribution in [0.2, 0.25) is 0 Å². The molecule has 0 saturated carbocycles. The van der Waals surface area contributed by atoms with Gasteiger partial charge in [0.05, 0.1) is 17.1 Å².